The number of carboxylic acid groups (broad SMARTS) is 1. The molecule has 2 aromatic rings. The van der Waals surface area contributed by atoms with Gasteiger partial charge in [-0.15, -0.1) is 0 Å². The number of nitrogens with zero attached hydrogens (tertiary/aromatic N) is 2. The van der Waals surface area contributed by atoms with E-state index in [0.717, 1.165) is 0 Å². The first-order chi connectivity index (χ1) is 9.11. The Morgan fingerprint density at radius 2 is 2.05 bits per heavy atom. The predicted molar refractivity (Wildman–Crippen MR) is 64.8 cm³/mol. The molecule has 0 saturated heterocycles. The van der Waals surface area contributed by atoms with Crippen LogP contribution in [0.5, 0.6) is 11.5 Å². The summed E-state index contributed by atoms with van der Waals surface area (Å²) >= 11 is 0. The minimum Gasteiger partial charge on any atom is -0.476 e. The number of ether oxygens (including phenoxy) is 2. The molecule has 0 bridgehead atoms. The summed E-state index contributed by atoms with van der Waals surface area (Å²) in [4.78, 5) is 23.1. The molecule has 1 aromatic carbocycles. The maximum atomic E-state index is 12.1. The fraction of sp³-hybridized carbons (Fsp3) is 0.250. The second-order valence-electron chi connectivity index (χ2n) is 4.02. The van der Waals surface area contributed by atoms with Crippen LogP contribution in [0.1, 0.15) is 17.4 Å². The molecule has 7 nitrogen and oxygen atoms in total. The fourth-order valence-electron chi connectivity index (χ4n) is 2.06. The summed E-state index contributed by atoms with van der Waals surface area (Å²) in [6, 6.07) is 3.14. The Balaban J connectivity index is 0.00000147. The van der Waals surface area contributed by atoms with E-state index in [9.17, 15) is 9.59 Å². The molecule has 20 heavy (non-hydrogen) atoms. The number of hydrogen-bond acceptors (Lipinski definition) is 5. The van der Waals surface area contributed by atoms with E-state index in [2.05, 4.69) is 5.10 Å². The van der Waals surface area contributed by atoms with E-state index in [4.69, 9.17) is 14.6 Å². The molecule has 0 unspecified atom stereocenters. The maximum absolute atomic E-state index is 12.1. The Morgan fingerprint density at radius 1 is 1.40 bits per heavy atom. The maximum Gasteiger partial charge on any atom is 0.360 e. The number of aromatic carboxylic acids is 1. The number of fused-ring (bicyclic) bond motifs is 2. The van der Waals surface area contributed by atoms with E-state index < -0.39 is 17.1 Å². The molecule has 100 valence electrons. The topological polar surface area (TPSA) is 90.7 Å². The SMILES string of the molecule is CCn1nc(C(=O)O)c(=O)c2cc3c(cc21)OCO3.[Zn]. The molecule has 1 aliphatic rings. The number of carboxylic acids is 1. The Bertz CT molecular complexity index is 756. The zero-order valence-electron chi connectivity index (χ0n) is 10.8. The molecule has 8 heteroatoms. The molecule has 0 atom stereocenters. The number of carbonyl (C=O) groups is 1. The zero-order valence-corrected chi connectivity index (χ0v) is 13.7. The van der Waals surface area contributed by atoms with Gasteiger partial charge in [-0.3, -0.25) is 9.48 Å². The van der Waals surface area contributed by atoms with Gasteiger partial charge in [0.15, 0.2) is 11.5 Å². The third-order valence-corrected chi connectivity index (χ3v) is 2.95. The van der Waals surface area contributed by atoms with E-state index in [1.165, 1.54) is 10.7 Å². The van der Waals surface area contributed by atoms with Crippen molar-refractivity contribution in [3.63, 3.8) is 0 Å². The summed E-state index contributed by atoms with van der Waals surface area (Å²) in [6.07, 6.45) is 0. The molecule has 0 amide bonds. The van der Waals surface area contributed by atoms with Crippen LogP contribution in [0.15, 0.2) is 16.9 Å². The average Bonchev–Trinajstić information content (AvgIpc) is 2.84. The second-order valence-corrected chi connectivity index (χ2v) is 4.02. The van der Waals surface area contributed by atoms with Crippen LogP contribution >= 0.6 is 0 Å². The van der Waals surface area contributed by atoms with Crippen molar-refractivity contribution >= 4 is 16.9 Å². The van der Waals surface area contributed by atoms with Crippen LogP contribution in [0.2, 0.25) is 0 Å². The van der Waals surface area contributed by atoms with Crippen LogP contribution in [-0.2, 0) is 26.0 Å². The number of rotatable bonds is 2. The van der Waals surface area contributed by atoms with E-state index in [0.29, 0.717) is 23.6 Å². The van der Waals surface area contributed by atoms with Gasteiger partial charge >= 0.3 is 5.97 Å². The van der Waals surface area contributed by atoms with Gasteiger partial charge in [0, 0.05) is 32.1 Å². The first kappa shape index (κ1) is 14.5. The molecule has 0 aliphatic carbocycles. The van der Waals surface area contributed by atoms with Crippen molar-refractivity contribution in [1.29, 1.82) is 0 Å². The summed E-state index contributed by atoms with van der Waals surface area (Å²) in [5.74, 6) is -0.375. The predicted octanol–water partition coefficient (Wildman–Crippen LogP) is 0.841. The molecular weight excluding hydrogens is 318 g/mol. The van der Waals surface area contributed by atoms with Crippen LogP contribution in [0.25, 0.3) is 10.9 Å². The normalized spacial score (nSPS) is 12.2. The average molecular weight is 328 g/mol. The van der Waals surface area contributed by atoms with Gasteiger partial charge in [-0.2, -0.15) is 5.10 Å². The number of aryl methyl sites for hydroxylation is 1. The largest absolute Gasteiger partial charge is 0.476 e. The second kappa shape index (κ2) is 5.21. The minimum atomic E-state index is -1.34. The van der Waals surface area contributed by atoms with Crippen LogP contribution in [0.4, 0.5) is 0 Å². The van der Waals surface area contributed by atoms with Crippen molar-refractivity contribution in [1.82, 2.24) is 9.78 Å². The van der Waals surface area contributed by atoms with Gasteiger partial charge in [0.2, 0.25) is 17.9 Å². The van der Waals surface area contributed by atoms with Gasteiger partial charge in [0.25, 0.3) is 0 Å². The Morgan fingerprint density at radius 3 is 2.65 bits per heavy atom. The van der Waals surface area contributed by atoms with E-state index in [1.54, 1.807) is 6.07 Å². The van der Waals surface area contributed by atoms with Gasteiger partial charge in [-0.25, -0.2) is 4.79 Å². The molecule has 1 N–H and O–H groups in total. The van der Waals surface area contributed by atoms with Crippen molar-refractivity contribution in [3.8, 4) is 11.5 Å². The molecule has 1 aromatic heterocycles. The molecule has 3 rings (SSSR count). The first-order valence-corrected chi connectivity index (χ1v) is 5.69. The van der Waals surface area contributed by atoms with Crippen molar-refractivity contribution in [3.05, 3.63) is 28.0 Å². The Hall–Kier alpha value is -1.95. The summed E-state index contributed by atoms with van der Waals surface area (Å²) in [7, 11) is 0. The number of hydrogen-bond donors (Lipinski definition) is 1. The van der Waals surface area contributed by atoms with Crippen molar-refractivity contribution in [2.75, 3.05) is 6.79 Å². The quantitative estimate of drug-likeness (QED) is 0.822. The third kappa shape index (κ3) is 2.06. The monoisotopic (exact) mass is 326 g/mol. The molecule has 0 saturated carbocycles. The van der Waals surface area contributed by atoms with Crippen LogP contribution < -0.4 is 14.9 Å². The fourth-order valence-corrected chi connectivity index (χ4v) is 2.06. The van der Waals surface area contributed by atoms with E-state index in [1.807, 2.05) is 6.92 Å². The molecule has 2 heterocycles. The van der Waals surface area contributed by atoms with Crippen LogP contribution in [-0.4, -0.2) is 27.6 Å². The van der Waals surface area contributed by atoms with Gasteiger partial charge in [-0.1, -0.05) is 0 Å². The molecule has 0 radical (unpaired) electrons. The Kier molecular flexibility index (Phi) is 3.76. The smallest absolute Gasteiger partial charge is 0.360 e. The van der Waals surface area contributed by atoms with Gasteiger partial charge in [-0.05, 0) is 13.0 Å². The summed E-state index contributed by atoms with van der Waals surface area (Å²) in [5, 5.41) is 13.1. The summed E-state index contributed by atoms with van der Waals surface area (Å²) in [6.45, 7) is 2.34. The van der Waals surface area contributed by atoms with Gasteiger partial charge < -0.3 is 14.6 Å². The third-order valence-electron chi connectivity index (χ3n) is 2.95. The van der Waals surface area contributed by atoms with E-state index in [-0.39, 0.29) is 31.7 Å². The minimum absolute atomic E-state index is 0. The van der Waals surface area contributed by atoms with Crippen molar-refractivity contribution in [2.45, 2.75) is 13.5 Å². The van der Waals surface area contributed by atoms with Crippen molar-refractivity contribution < 1.29 is 38.9 Å². The Labute approximate surface area is 125 Å². The standard InChI is InChI=1S/C12H10N2O5.Zn/c1-2-14-7-4-9-8(18-5-19-9)3-6(7)11(15)10(13-14)12(16)17;/h3-4H,2,5H2,1H3,(H,16,17);. The van der Waals surface area contributed by atoms with Crippen LogP contribution in [0, 0.1) is 0 Å². The van der Waals surface area contributed by atoms with Crippen LogP contribution in [0.3, 0.4) is 0 Å². The molecule has 0 fully saturated rings. The van der Waals surface area contributed by atoms with Crippen molar-refractivity contribution in [2.24, 2.45) is 0 Å². The zero-order chi connectivity index (χ0) is 13.6. The number of aromatic nitrogens is 2. The molecule has 1 aliphatic heterocycles. The molecular formula is C12H10N2O5Zn. The molecule has 0 spiro atoms. The summed E-state index contributed by atoms with van der Waals surface area (Å²) in [5.41, 5.74) is -0.583. The van der Waals surface area contributed by atoms with Gasteiger partial charge in [0.1, 0.15) is 0 Å². The van der Waals surface area contributed by atoms with E-state index >= 15 is 0 Å². The first-order valence-electron chi connectivity index (χ1n) is 5.69. The van der Waals surface area contributed by atoms with Gasteiger partial charge in [0.05, 0.1) is 10.9 Å². The summed E-state index contributed by atoms with van der Waals surface area (Å²) < 4.78 is 11.9. The number of benzene rings is 1.